The Balaban J connectivity index is 2.26. The molecule has 0 spiro atoms. The summed E-state index contributed by atoms with van der Waals surface area (Å²) in [6.45, 7) is 4.60. The monoisotopic (exact) mass is 326 g/mol. The molecular weight excluding hydrogens is 308 g/mol. The van der Waals surface area contributed by atoms with E-state index in [1.165, 1.54) is 12.8 Å². The average Bonchev–Trinajstić information content (AvgIpc) is 3.09. The van der Waals surface area contributed by atoms with Crippen LogP contribution in [0.1, 0.15) is 38.7 Å². The van der Waals surface area contributed by atoms with E-state index in [4.69, 9.17) is 9.84 Å². The summed E-state index contributed by atoms with van der Waals surface area (Å²) in [5.41, 5.74) is 0.499. The van der Waals surface area contributed by atoms with E-state index in [1.807, 2.05) is 32.0 Å². The number of benzene rings is 1. The summed E-state index contributed by atoms with van der Waals surface area (Å²) >= 11 is 3.50. The lowest BCUT2D eigenvalue weighted by atomic mass is 9.81. The summed E-state index contributed by atoms with van der Waals surface area (Å²) in [5, 5.41) is 9.05. The number of ether oxygens (including phenoxy) is 1. The average molecular weight is 327 g/mol. The molecule has 0 unspecified atom stereocenters. The lowest BCUT2D eigenvalue weighted by molar-refractivity contribution is -0.138. The molecule has 1 fully saturated rings. The minimum atomic E-state index is -0.793. The maximum absolute atomic E-state index is 11.0. The molecule has 2 rings (SSSR count). The van der Waals surface area contributed by atoms with Crippen molar-refractivity contribution in [1.82, 2.24) is 0 Å². The molecule has 0 radical (unpaired) electrons. The molecule has 0 aliphatic heterocycles. The Hall–Kier alpha value is -1.03. The summed E-state index contributed by atoms with van der Waals surface area (Å²) in [4.78, 5) is 11.0. The Bertz CT molecular complexity index is 478. The molecule has 3 nitrogen and oxygen atoms in total. The standard InChI is InChI=1S/C15H19BrO3/c1-15(2,8-13(17)18)11-4-3-5-12(16)14(11)19-9-10-6-7-10/h3-5,10H,6-9H2,1-2H3,(H,17,18). The molecule has 1 aromatic rings. The Labute approximate surface area is 122 Å². The Morgan fingerprint density at radius 1 is 1.47 bits per heavy atom. The second-order valence-electron chi connectivity index (χ2n) is 5.83. The van der Waals surface area contributed by atoms with Crippen molar-refractivity contribution in [2.45, 2.75) is 38.5 Å². The van der Waals surface area contributed by atoms with Crippen LogP contribution in [0.15, 0.2) is 22.7 Å². The number of hydrogen-bond acceptors (Lipinski definition) is 2. The van der Waals surface area contributed by atoms with Gasteiger partial charge in [-0.3, -0.25) is 4.79 Å². The van der Waals surface area contributed by atoms with Crippen molar-refractivity contribution in [3.63, 3.8) is 0 Å². The first kappa shape index (κ1) is 14.4. The van der Waals surface area contributed by atoms with Crippen LogP contribution in [0.25, 0.3) is 0 Å². The van der Waals surface area contributed by atoms with Crippen LogP contribution in [0.4, 0.5) is 0 Å². The highest BCUT2D eigenvalue weighted by Gasteiger charge is 2.29. The molecule has 104 valence electrons. The normalized spacial score (nSPS) is 15.3. The second-order valence-corrected chi connectivity index (χ2v) is 6.68. The molecule has 1 aliphatic carbocycles. The van der Waals surface area contributed by atoms with Crippen molar-refractivity contribution in [3.05, 3.63) is 28.2 Å². The Morgan fingerprint density at radius 2 is 2.16 bits per heavy atom. The second kappa shape index (κ2) is 5.53. The predicted octanol–water partition coefficient (Wildman–Crippen LogP) is 3.99. The van der Waals surface area contributed by atoms with Crippen molar-refractivity contribution in [1.29, 1.82) is 0 Å². The fourth-order valence-corrected chi connectivity index (χ4v) is 2.63. The van der Waals surface area contributed by atoms with Crippen LogP contribution in [-0.2, 0) is 10.2 Å². The third-order valence-corrected chi connectivity index (χ3v) is 4.07. The van der Waals surface area contributed by atoms with Gasteiger partial charge >= 0.3 is 5.97 Å². The molecule has 1 N–H and O–H groups in total. The maximum atomic E-state index is 11.0. The van der Waals surface area contributed by atoms with E-state index in [0.29, 0.717) is 5.92 Å². The van der Waals surface area contributed by atoms with Gasteiger partial charge in [-0.1, -0.05) is 26.0 Å². The van der Waals surface area contributed by atoms with Crippen molar-refractivity contribution < 1.29 is 14.6 Å². The van der Waals surface area contributed by atoms with Gasteiger partial charge < -0.3 is 9.84 Å². The van der Waals surface area contributed by atoms with Crippen molar-refractivity contribution >= 4 is 21.9 Å². The molecule has 19 heavy (non-hydrogen) atoms. The highest BCUT2D eigenvalue weighted by atomic mass is 79.9. The predicted molar refractivity (Wildman–Crippen MR) is 77.6 cm³/mol. The lowest BCUT2D eigenvalue weighted by Gasteiger charge is -2.26. The molecule has 1 saturated carbocycles. The van der Waals surface area contributed by atoms with Crippen LogP contribution in [-0.4, -0.2) is 17.7 Å². The molecule has 0 bridgehead atoms. The van der Waals surface area contributed by atoms with Gasteiger partial charge in [-0.15, -0.1) is 0 Å². The van der Waals surface area contributed by atoms with Crippen LogP contribution < -0.4 is 4.74 Å². The van der Waals surface area contributed by atoms with Crippen LogP contribution in [0.5, 0.6) is 5.75 Å². The number of carbonyl (C=O) groups is 1. The molecule has 0 heterocycles. The smallest absolute Gasteiger partial charge is 0.304 e. The molecule has 1 aliphatic rings. The quantitative estimate of drug-likeness (QED) is 0.859. The first-order valence-corrected chi connectivity index (χ1v) is 7.33. The molecule has 0 amide bonds. The number of carboxylic acids is 1. The minimum absolute atomic E-state index is 0.0865. The third-order valence-electron chi connectivity index (χ3n) is 3.45. The molecule has 4 heteroatoms. The van der Waals surface area contributed by atoms with Crippen LogP contribution >= 0.6 is 15.9 Å². The van der Waals surface area contributed by atoms with E-state index in [2.05, 4.69) is 15.9 Å². The summed E-state index contributed by atoms with van der Waals surface area (Å²) in [5.74, 6) is 0.668. The zero-order valence-electron chi connectivity index (χ0n) is 11.3. The molecule has 0 aromatic heterocycles. The fourth-order valence-electron chi connectivity index (χ4n) is 2.15. The number of rotatable bonds is 6. The largest absolute Gasteiger partial charge is 0.492 e. The molecule has 1 aromatic carbocycles. The van der Waals surface area contributed by atoms with Gasteiger partial charge in [-0.05, 0) is 40.8 Å². The van der Waals surface area contributed by atoms with Gasteiger partial charge in [-0.2, -0.15) is 0 Å². The van der Waals surface area contributed by atoms with Gasteiger partial charge in [0.15, 0.2) is 0 Å². The van der Waals surface area contributed by atoms with E-state index >= 15 is 0 Å². The van der Waals surface area contributed by atoms with Gasteiger partial charge in [0.05, 0.1) is 17.5 Å². The number of para-hydroxylation sites is 1. The third kappa shape index (κ3) is 3.72. The first-order valence-electron chi connectivity index (χ1n) is 6.54. The van der Waals surface area contributed by atoms with Gasteiger partial charge in [0, 0.05) is 11.0 Å². The zero-order chi connectivity index (χ0) is 14.0. The highest BCUT2D eigenvalue weighted by Crippen LogP contribution is 2.40. The van der Waals surface area contributed by atoms with E-state index in [0.717, 1.165) is 22.4 Å². The lowest BCUT2D eigenvalue weighted by Crippen LogP contribution is -2.23. The zero-order valence-corrected chi connectivity index (χ0v) is 12.9. The fraction of sp³-hybridized carbons (Fsp3) is 0.533. The maximum Gasteiger partial charge on any atom is 0.304 e. The summed E-state index contributed by atoms with van der Waals surface area (Å²) < 4.78 is 6.81. The van der Waals surface area contributed by atoms with Crippen molar-refractivity contribution in [3.8, 4) is 5.75 Å². The topological polar surface area (TPSA) is 46.5 Å². The summed E-state index contributed by atoms with van der Waals surface area (Å²) in [7, 11) is 0. The molecular formula is C15H19BrO3. The van der Waals surface area contributed by atoms with E-state index in [-0.39, 0.29) is 6.42 Å². The first-order chi connectivity index (χ1) is 8.90. The number of hydrogen-bond donors (Lipinski definition) is 1. The molecule has 0 atom stereocenters. The SMILES string of the molecule is CC(C)(CC(=O)O)c1cccc(Br)c1OCC1CC1. The highest BCUT2D eigenvalue weighted by molar-refractivity contribution is 9.10. The van der Waals surface area contributed by atoms with Gasteiger partial charge in [0.25, 0.3) is 0 Å². The Morgan fingerprint density at radius 3 is 2.74 bits per heavy atom. The molecule has 0 saturated heterocycles. The van der Waals surface area contributed by atoms with E-state index < -0.39 is 11.4 Å². The van der Waals surface area contributed by atoms with E-state index in [1.54, 1.807) is 0 Å². The number of aliphatic carboxylic acids is 1. The van der Waals surface area contributed by atoms with Crippen LogP contribution in [0, 0.1) is 5.92 Å². The minimum Gasteiger partial charge on any atom is -0.492 e. The summed E-state index contributed by atoms with van der Waals surface area (Å²) in [6, 6.07) is 5.81. The van der Waals surface area contributed by atoms with Crippen molar-refractivity contribution in [2.24, 2.45) is 5.92 Å². The summed E-state index contributed by atoms with van der Waals surface area (Å²) in [6.07, 6.45) is 2.56. The number of carboxylic acid groups (broad SMARTS) is 1. The van der Waals surface area contributed by atoms with Gasteiger partial charge in [0.1, 0.15) is 5.75 Å². The van der Waals surface area contributed by atoms with Gasteiger partial charge in [0.2, 0.25) is 0 Å². The number of halogens is 1. The van der Waals surface area contributed by atoms with E-state index in [9.17, 15) is 4.79 Å². The van der Waals surface area contributed by atoms with Crippen LogP contribution in [0.2, 0.25) is 0 Å². The van der Waals surface area contributed by atoms with Gasteiger partial charge in [-0.25, -0.2) is 0 Å². The van der Waals surface area contributed by atoms with Crippen LogP contribution in [0.3, 0.4) is 0 Å². The Kier molecular flexibility index (Phi) is 4.19. The van der Waals surface area contributed by atoms with Crippen molar-refractivity contribution in [2.75, 3.05) is 6.61 Å².